The molecule has 0 radical (unpaired) electrons. The van der Waals surface area contributed by atoms with Crippen molar-refractivity contribution in [2.24, 2.45) is 0 Å². The van der Waals surface area contributed by atoms with Crippen molar-refractivity contribution in [3.05, 3.63) is 58.9 Å². The second-order valence-corrected chi connectivity index (χ2v) is 4.33. The fourth-order valence-electron chi connectivity index (χ4n) is 1.49. The molecule has 0 aliphatic rings. The van der Waals surface area contributed by atoms with E-state index in [-0.39, 0.29) is 5.02 Å². The normalized spacial score (nSPS) is 12.2. The molecular weight excluding hydrogens is 255 g/mol. The highest BCUT2D eigenvalue weighted by molar-refractivity contribution is 6.30. The highest BCUT2D eigenvalue weighted by Crippen LogP contribution is 2.26. The maximum Gasteiger partial charge on any atom is 0.145 e. The maximum absolute atomic E-state index is 13.2. The summed E-state index contributed by atoms with van der Waals surface area (Å²) in [7, 11) is 0. The molecule has 0 aliphatic heterocycles. The summed E-state index contributed by atoms with van der Waals surface area (Å²) < 4.78 is 18.7. The molecular formula is C14H12ClFO2. The van der Waals surface area contributed by atoms with Gasteiger partial charge >= 0.3 is 0 Å². The van der Waals surface area contributed by atoms with Crippen molar-refractivity contribution >= 4 is 11.6 Å². The van der Waals surface area contributed by atoms with Crippen molar-refractivity contribution < 1.29 is 14.2 Å². The van der Waals surface area contributed by atoms with E-state index in [1.165, 1.54) is 12.1 Å². The van der Waals surface area contributed by atoms with Crippen molar-refractivity contribution in [3.63, 3.8) is 0 Å². The lowest BCUT2D eigenvalue weighted by molar-refractivity contribution is 0.199. The number of halogens is 2. The van der Waals surface area contributed by atoms with Gasteiger partial charge in [0.25, 0.3) is 0 Å². The molecule has 1 atom stereocenters. The van der Waals surface area contributed by atoms with Crippen LogP contribution in [-0.2, 0) is 0 Å². The van der Waals surface area contributed by atoms with Gasteiger partial charge in [-0.2, -0.15) is 0 Å². The Bertz CT molecular complexity index is 538. The van der Waals surface area contributed by atoms with Crippen LogP contribution in [0.5, 0.6) is 11.5 Å². The molecule has 2 nitrogen and oxygen atoms in total. The Balaban J connectivity index is 2.15. The first-order valence-electron chi connectivity index (χ1n) is 5.47. The van der Waals surface area contributed by atoms with Gasteiger partial charge in [0.15, 0.2) is 0 Å². The van der Waals surface area contributed by atoms with Gasteiger partial charge in [-0.15, -0.1) is 0 Å². The number of rotatable bonds is 3. The molecule has 0 aromatic heterocycles. The van der Waals surface area contributed by atoms with Gasteiger partial charge in [0.05, 0.1) is 11.1 Å². The first-order valence-corrected chi connectivity index (χ1v) is 5.85. The third kappa shape index (κ3) is 3.00. The highest BCUT2D eigenvalue weighted by atomic mass is 35.5. The maximum atomic E-state index is 13.2. The van der Waals surface area contributed by atoms with Crippen LogP contribution in [-0.4, -0.2) is 5.11 Å². The topological polar surface area (TPSA) is 29.5 Å². The molecule has 0 unspecified atom stereocenters. The smallest absolute Gasteiger partial charge is 0.145 e. The predicted octanol–water partition coefficient (Wildman–Crippen LogP) is 4.32. The van der Waals surface area contributed by atoms with E-state index >= 15 is 0 Å². The molecule has 18 heavy (non-hydrogen) atoms. The Labute approximate surface area is 110 Å². The number of aliphatic hydroxyl groups excluding tert-OH is 1. The average Bonchev–Trinajstić information content (AvgIpc) is 2.34. The number of aliphatic hydroxyl groups is 1. The molecule has 2 aromatic carbocycles. The first kappa shape index (κ1) is 12.9. The van der Waals surface area contributed by atoms with E-state index in [0.717, 1.165) is 5.56 Å². The molecule has 0 bridgehead atoms. The minimum Gasteiger partial charge on any atom is -0.457 e. The quantitative estimate of drug-likeness (QED) is 0.896. The van der Waals surface area contributed by atoms with Crippen molar-refractivity contribution in [3.8, 4) is 11.5 Å². The third-order valence-electron chi connectivity index (χ3n) is 2.49. The molecule has 0 heterocycles. The van der Waals surface area contributed by atoms with Crippen LogP contribution in [0.2, 0.25) is 5.02 Å². The van der Waals surface area contributed by atoms with Crippen LogP contribution in [0.3, 0.4) is 0 Å². The summed E-state index contributed by atoms with van der Waals surface area (Å²) >= 11 is 5.58. The summed E-state index contributed by atoms with van der Waals surface area (Å²) in [5, 5.41) is 9.43. The fourth-order valence-corrected chi connectivity index (χ4v) is 1.61. The van der Waals surface area contributed by atoms with E-state index in [9.17, 15) is 9.50 Å². The largest absolute Gasteiger partial charge is 0.457 e. The van der Waals surface area contributed by atoms with E-state index in [2.05, 4.69) is 0 Å². The molecule has 0 saturated carbocycles. The van der Waals surface area contributed by atoms with Crippen LogP contribution in [0, 0.1) is 5.82 Å². The van der Waals surface area contributed by atoms with Crippen LogP contribution < -0.4 is 4.74 Å². The zero-order chi connectivity index (χ0) is 13.1. The van der Waals surface area contributed by atoms with Crippen LogP contribution in [0.4, 0.5) is 4.39 Å². The molecule has 4 heteroatoms. The first-order chi connectivity index (χ1) is 8.56. The van der Waals surface area contributed by atoms with Crippen molar-refractivity contribution in [2.75, 3.05) is 0 Å². The Morgan fingerprint density at radius 1 is 1.11 bits per heavy atom. The molecule has 2 aromatic rings. The summed E-state index contributed by atoms with van der Waals surface area (Å²) in [6, 6.07) is 11.2. The Kier molecular flexibility index (Phi) is 3.84. The fraction of sp³-hybridized carbons (Fsp3) is 0.143. The van der Waals surface area contributed by atoms with Gasteiger partial charge in [0.2, 0.25) is 0 Å². The summed E-state index contributed by atoms with van der Waals surface area (Å²) in [5.74, 6) is 0.428. The minimum atomic E-state index is -0.521. The molecule has 0 fully saturated rings. The monoisotopic (exact) mass is 266 g/mol. The van der Waals surface area contributed by atoms with Crippen LogP contribution >= 0.6 is 11.6 Å². The summed E-state index contributed by atoms with van der Waals surface area (Å²) in [4.78, 5) is 0. The predicted molar refractivity (Wildman–Crippen MR) is 68.6 cm³/mol. The highest BCUT2D eigenvalue weighted by Gasteiger charge is 2.04. The molecule has 94 valence electrons. The lowest BCUT2D eigenvalue weighted by Gasteiger charge is -2.08. The Hall–Kier alpha value is -1.58. The molecule has 0 saturated heterocycles. The van der Waals surface area contributed by atoms with Crippen molar-refractivity contribution in [1.29, 1.82) is 0 Å². The van der Waals surface area contributed by atoms with Gasteiger partial charge in [0.1, 0.15) is 17.3 Å². The van der Waals surface area contributed by atoms with E-state index in [1.807, 2.05) is 0 Å². The zero-order valence-corrected chi connectivity index (χ0v) is 10.5. The lowest BCUT2D eigenvalue weighted by atomic mass is 10.1. The molecule has 0 aliphatic carbocycles. The Morgan fingerprint density at radius 2 is 1.72 bits per heavy atom. The molecule has 2 rings (SSSR count). The van der Waals surface area contributed by atoms with E-state index in [0.29, 0.717) is 11.5 Å². The SMILES string of the molecule is C[C@H](O)c1ccc(Oc2ccc(Cl)c(F)c2)cc1. The number of hydrogen-bond acceptors (Lipinski definition) is 2. The lowest BCUT2D eigenvalue weighted by Crippen LogP contribution is -1.91. The molecule has 0 amide bonds. The van der Waals surface area contributed by atoms with Gasteiger partial charge in [-0.3, -0.25) is 0 Å². The summed E-state index contributed by atoms with van der Waals surface area (Å²) in [6.45, 7) is 1.68. The third-order valence-corrected chi connectivity index (χ3v) is 2.80. The molecule has 1 N–H and O–H groups in total. The Morgan fingerprint density at radius 3 is 2.28 bits per heavy atom. The van der Waals surface area contributed by atoms with Crippen LogP contribution in [0.1, 0.15) is 18.6 Å². The summed E-state index contributed by atoms with van der Waals surface area (Å²) in [6.07, 6.45) is -0.521. The minimum absolute atomic E-state index is 0.0619. The number of hydrogen-bond donors (Lipinski definition) is 1. The average molecular weight is 267 g/mol. The van der Waals surface area contributed by atoms with E-state index in [1.54, 1.807) is 37.3 Å². The van der Waals surface area contributed by atoms with Crippen molar-refractivity contribution in [1.82, 2.24) is 0 Å². The standard InChI is InChI=1S/C14H12ClFO2/c1-9(17)10-2-4-11(5-3-10)18-12-6-7-13(15)14(16)8-12/h2-9,17H,1H3/t9-/m0/s1. The van der Waals surface area contributed by atoms with Gasteiger partial charge < -0.3 is 9.84 Å². The number of benzene rings is 2. The van der Waals surface area contributed by atoms with Crippen LogP contribution in [0.15, 0.2) is 42.5 Å². The second-order valence-electron chi connectivity index (χ2n) is 3.92. The van der Waals surface area contributed by atoms with Crippen LogP contribution in [0.25, 0.3) is 0 Å². The van der Waals surface area contributed by atoms with Gasteiger partial charge in [-0.1, -0.05) is 23.7 Å². The number of ether oxygens (including phenoxy) is 1. The second kappa shape index (κ2) is 5.38. The molecule has 0 spiro atoms. The van der Waals surface area contributed by atoms with Gasteiger partial charge in [0, 0.05) is 6.07 Å². The van der Waals surface area contributed by atoms with Crippen molar-refractivity contribution in [2.45, 2.75) is 13.0 Å². The zero-order valence-electron chi connectivity index (χ0n) is 9.73. The van der Waals surface area contributed by atoms with E-state index < -0.39 is 11.9 Å². The summed E-state index contributed by atoms with van der Waals surface area (Å²) in [5.41, 5.74) is 0.796. The van der Waals surface area contributed by atoms with Gasteiger partial charge in [-0.25, -0.2) is 4.39 Å². The van der Waals surface area contributed by atoms with Gasteiger partial charge in [-0.05, 0) is 36.8 Å². The van der Waals surface area contributed by atoms with E-state index in [4.69, 9.17) is 16.3 Å².